The molecule has 1 aliphatic heterocycles. The van der Waals surface area contributed by atoms with Crippen LogP contribution in [0.4, 0.5) is 0 Å². The van der Waals surface area contributed by atoms with E-state index in [-0.39, 0.29) is 0 Å². The summed E-state index contributed by atoms with van der Waals surface area (Å²) in [5.41, 5.74) is 0. The zero-order chi connectivity index (χ0) is 4.24. The van der Waals surface area contributed by atoms with Crippen molar-refractivity contribution in [1.29, 1.82) is 0 Å². The van der Waals surface area contributed by atoms with Crippen LogP contribution in [0.1, 0.15) is 0 Å². The molecule has 1 heterocycles. The fourth-order valence-electron chi connectivity index (χ4n) is 0.244. The normalized spacial score (nSPS) is 17.3. The van der Waals surface area contributed by atoms with Gasteiger partial charge in [0.25, 0.3) is 0 Å². The van der Waals surface area contributed by atoms with Gasteiger partial charge in [0, 0.05) is 6.21 Å². The maximum absolute atomic E-state index is 3.74. The van der Waals surface area contributed by atoms with Crippen LogP contribution in [0.25, 0.3) is 0 Å². The molecule has 0 amide bonds. The molecule has 0 N–H and O–H groups in total. The Labute approximate surface area is 35.8 Å². The summed E-state index contributed by atoms with van der Waals surface area (Å²) in [4.78, 5) is 0. The van der Waals surface area contributed by atoms with Crippen LogP contribution in [0.2, 0.25) is 0 Å². The van der Waals surface area contributed by atoms with Crippen LogP contribution < -0.4 is 5.32 Å². The minimum atomic E-state index is 0.684. The Kier molecular flexibility index (Phi) is 0.859. The highest BCUT2D eigenvalue weighted by Crippen LogP contribution is 1.69. The first-order valence-corrected chi connectivity index (χ1v) is 1.70. The van der Waals surface area contributed by atoms with E-state index in [9.17, 15) is 0 Å². The lowest BCUT2D eigenvalue weighted by atomic mass is 10.7. The van der Waals surface area contributed by atoms with Gasteiger partial charge in [-0.1, -0.05) is 0 Å². The fourth-order valence-corrected chi connectivity index (χ4v) is 0.244. The zero-order valence-corrected chi connectivity index (χ0v) is 3.20. The second-order valence-electron chi connectivity index (χ2n) is 0.894. The van der Waals surface area contributed by atoms with E-state index in [1.165, 1.54) is 6.34 Å². The summed E-state index contributed by atoms with van der Waals surface area (Å²) >= 11 is 0. The Morgan fingerprint density at radius 2 is 2.33 bits per heavy atom. The summed E-state index contributed by atoms with van der Waals surface area (Å²) in [6, 6.07) is 0. The van der Waals surface area contributed by atoms with Gasteiger partial charge in [-0.3, -0.25) is 5.32 Å². The summed E-state index contributed by atoms with van der Waals surface area (Å²) < 4.78 is 0. The number of rotatable bonds is 0. The molecule has 0 aliphatic carbocycles. The molecule has 6 heavy (non-hydrogen) atoms. The molecule has 1 rings (SSSR count). The van der Waals surface area contributed by atoms with Crippen molar-refractivity contribution in [2.24, 2.45) is 10.2 Å². The van der Waals surface area contributed by atoms with Gasteiger partial charge in [0.15, 0.2) is 0 Å². The monoisotopic (exact) mass is 82.0 g/mol. The molecule has 31 valence electrons. The Bertz CT molecular complexity index is 72.0. The molecule has 1 aliphatic rings. The van der Waals surface area contributed by atoms with Crippen LogP contribution in [0, 0.1) is 0 Å². The topological polar surface area (TPSA) is 38.8 Å². The average molecular weight is 82.1 g/mol. The second kappa shape index (κ2) is 1.55. The van der Waals surface area contributed by atoms with E-state index in [0.717, 1.165) is 0 Å². The van der Waals surface area contributed by atoms with Crippen molar-refractivity contribution in [3.8, 4) is 0 Å². The molecule has 0 unspecified atom stereocenters. The van der Waals surface area contributed by atoms with Crippen LogP contribution in [-0.2, 0) is 0 Å². The standard InChI is InChI=1S/C3H4N3/c1-2-5-6-3-4-1/h2-3H,1H2. The van der Waals surface area contributed by atoms with Gasteiger partial charge in [-0.25, -0.2) is 0 Å². The highest BCUT2D eigenvalue weighted by molar-refractivity contribution is 5.69. The van der Waals surface area contributed by atoms with Gasteiger partial charge in [-0.2, -0.15) is 5.10 Å². The average Bonchev–Trinajstić information content (AvgIpc) is 1.72. The molecule has 0 fully saturated rings. The third-order valence-electron chi connectivity index (χ3n) is 0.469. The molecule has 0 spiro atoms. The first-order valence-electron chi connectivity index (χ1n) is 1.70. The van der Waals surface area contributed by atoms with Crippen molar-refractivity contribution in [1.82, 2.24) is 5.32 Å². The van der Waals surface area contributed by atoms with Gasteiger partial charge in [-0.05, 0) is 0 Å². The first kappa shape index (κ1) is 3.33. The van der Waals surface area contributed by atoms with E-state index in [1.807, 2.05) is 0 Å². The predicted molar refractivity (Wildman–Crippen MR) is 24.0 cm³/mol. The molecular formula is C3H4N3. The van der Waals surface area contributed by atoms with Crippen LogP contribution in [0.5, 0.6) is 0 Å². The van der Waals surface area contributed by atoms with Gasteiger partial charge in [0.05, 0.1) is 6.54 Å². The summed E-state index contributed by atoms with van der Waals surface area (Å²) in [6.07, 6.45) is 3.10. The Morgan fingerprint density at radius 3 is 2.50 bits per heavy atom. The number of hydrogen-bond donors (Lipinski definition) is 0. The SMILES string of the molecule is C1=NN=C[N]C1. The van der Waals surface area contributed by atoms with E-state index in [4.69, 9.17) is 0 Å². The molecule has 0 saturated carbocycles. The molecule has 0 saturated heterocycles. The van der Waals surface area contributed by atoms with E-state index in [2.05, 4.69) is 15.5 Å². The Balaban J connectivity index is 2.46. The maximum Gasteiger partial charge on any atom is 0.133 e. The van der Waals surface area contributed by atoms with Gasteiger partial charge in [0.1, 0.15) is 6.34 Å². The lowest BCUT2D eigenvalue weighted by Gasteiger charge is -1.88. The third kappa shape index (κ3) is 0.544. The lowest BCUT2D eigenvalue weighted by molar-refractivity contribution is 1.03. The first-order chi connectivity index (χ1) is 3.00. The Hall–Kier alpha value is -0.860. The molecule has 1 radical (unpaired) electrons. The predicted octanol–water partition coefficient (Wildman–Crippen LogP) is -0.381. The van der Waals surface area contributed by atoms with Gasteiger partial charge >= 0.3 is 0 Å². The van der Waals surface area contributed by atoms with E-state index >= 15 is 0 Å². The molecule has 3 nitrogen and oxygen atoms in total. The lowest BCUT2D eigenvalue weighted by Crippen LogP contribution is -2.07. The molecule has 3 heteroatoms. The van der Waals surface area contributed by atoms with Gasteiger partial charge in [0.2, 0.25) is 0 Å². The van der Waals surface area contributed by atoms with Crippen molar-refractivity contribution in [2.45, 2.75) is 0 Å². The van der Waals surface area contributed by atoms with Crippen molar-refractivity contribution >= 4 is 12.6 Å². The summed E-state index contributed by atoms with van der Waals surface area (Å²) in [5, 5.41) is 10.7. The van der Waals surface area contributed by atoms with Crippen LogP contribution >= 0.6 is 0 Å². The Morgan fingerprint density at radius 1 is 1.33 bits per heavy atom. The molecule has 0 atom stereocenters. The van der Waals surface area contributed by atoms with Crippen LogP contribution in [0.3, 0.4) is 0 Å². The third-order valence-corrected chi connectivity index (χ3v) is 0.469. The smallest absolute Gasteiger partial charge is 0.133 e. The van der Waals surface area contributed by atoms with E-state index in [1.54, 1.807) is 6.21 Å². The van der Waals surface area contributed by atoms with Crippen molar-refractivity contribution in [2.75, 3.05) is 6.54 Å². The highest BCUT2D eigenvalue weighted by Gasteiger charge is 1.79. The molecule has 0 aromatic carbocycles. The quantitative estimate of drug-likeness (QED) is 0.382. The highest BCUT2D eigenvalue weighted by atomic mass is 15.2. The van der Waals surface area contributed by atoms with Crippen molar-refractivity contribution < 1.29 is 0 Å². The van der Waals surface area contributed by atoms with Crippen molar-refractivity contribution in [3.05, 3.63) is 0 Å². The molecule has 0 aromatic heterocycles. The summed E-state index contributed by atoms with van der Waals surface area (Å²) in [7, 11) is 0. The van der Waals surface area contributed by atoms with E-state index in [0.29, 0.717) is 6.54 Å². The maximum atomic E-state index is 3.74. The summed E-state index contributed by atoms with van der Waals surface area (Å²) in [6.45, 7) is 0.684. The largest absolute Gasteiger partial charge is 0.266 e. The molecule has 0 bridgehead atoms. The van der Waals surface area contributed by atoms with Gasteiger partial charge in [-0.15, -0.1) is 5.10 Å². The van der Waals surface area contributed by atoms with E-state index < -0.39 is 0 Å². The summed E-state index contributed by atoms with van der Waals surface area (Å²) in [5.74, 6) is 0. The van der Waals surface area contributed by atoms with Crippen molar-refractivity contribution in [3.63, 3.8) is 0 Å². The number of nitrogens with zero attached hydrogens (tertiary/aromatic N) is 3. The van der Waals surface area contributed by atoms with Crippen LogP contribution in [-0.4, -0.2) is 19.1 Å². The zero-order valence-electron chi connectivity index (χ0n) is 3.20. The van der Waals surface area contributed by atoms with Gasteiger partial charge < -0.3 is 0 Å². The molecule has 0 aromatic rings. The fraction of sp³-hybridized carbons (Fsp3) is 0.333. The molecular weight excluding hydrogens is 78.1 g/mol. The number of hydrogen-bond acceptors (Lipinski definition) is 2. The minimum absolute atomic E-state index is 0.684. The minimum Gasteiger partial charge on any atom is -0.266 e. The second-order valence-corrected chi connectivity index (χ2v) is 0.894. The van der Waals surface area contributed by atoms with Crippen LogP contribution in [0.15, 0.2) is 10.2 Å².